The molecule has 1 aromatic heterocycles. The van der Waals surface area contributed by atoms with E-state index in [2.05, 4.69) is 44.7 Å². The first-order chi connectivity index (χ1) is 14.7. The number of amides is 1. The van der Waals surface area contributed by atoms with E-state index in [-0.39, 0.29) is 5.91 Å². The van der Waals surface area contributed by atoms with Crippen LogP contribution in [-0.4, -0.2) is 42.4 Å². The van der Waals surface area contributed by atoms with E-state index in [1.54, 1.807) is 0 Å². The van der Waals surface area contributed by atoms with Crippen molar-refractivity contribution < 1.29 is 13.9 Å². The maximum Gasteiger partial charge on any atom is 0.247 e. The Bertz CT molecular complexity index is 961. The van der Waals surface area contributed by atoms with Crippen molar-refractivity contribution in [2.75, 3.05) is 31.2 Å². The topological polar surface area (TPSA) is 80.5 Å². The van der Waals surface area contributed by atoms with Crippen molar-refractivity contribution in [1.82, 2.24) is 15.5 Å². The number of hydrogen-bond acceptors (Lipinski definition) is 6. The predicted octanol–water partition coefficient (Wildman–Crippen LogP) is 3.13. The van der Waals surface area contributed by atoms with E-state index in [9.17, 15) is 4.79 Å². The van der Waals surface area contributed by atoms with Crippen LogP contribution >= 0.6 is 0 Å². The molecule has 1 aliphatic heterocycles. The average molecular weight is 406 g/mol. The fourth-order valence-corrected chi connectivity index (χ4v) is 3.32. The van der Waals surface area contributed by atoms with Crippen molar-refractivity contribution in [2.45, 2.75) is 26.3 Å². The lowest BCUT2D eigenvalue weighted by Gasteiger charge is -2.28. The largest absolute Gasteiger partial charge is 0.421 e. The van der Waals surface area contributed by atoms with Crippen LogP contribution in [0.15, 0.2) is 52.9 Å². The van der Waals surface area contributed by atoms with Crippen molar-refractivity contribution in [3.8, 4) is 11.5 Å². The summed E-state index contributed by atoms with van der Waals surface area (Å²) in [5.74, 6) is 0.906. The molecule has 1 amide bonds. The summed E-state index contributed by atoms with van der Waals surface area (Å²) >= 11 is 0. The zero-order chi connectivity index (χ0) is 20.8. The van der Waals surface area contributed by atoms with Gasteiger partial charge in [0.15, 0.2) is 0 Å². The van der Waals surface area contributed by atoms with Crippen molar-refractivity contribution in [3.63, 3.8) is 0 Å². The lowest BCUT2D eigenvalue weighted by molar-refractivity contribution is -0.121. The minimum Gasteiger partial charge on any atom is -0.421 e. The Hall–Kier alpha value is -3.19. The van der Waals surface area contributed by atoms with Gasteiger partial charge in [-0.1, -0.05) is 29.8 Å². The van der Waals surface area contributed by atoms with Crippen molar-refractivity contribution in [3.05, 3.63) is 65.5 Å². The molecule has 4 rings (SSSR count). The van der Waals surface area contributed by atoms with Crippen LogP contribution in [0.25, 0.3) is 11.5 Å². The van der Waals surface area contributed by atoms with Gasteiger partial charge in [-0.3, -0.25) is 4.79 Å². The summed E-state index contributed by atoms with van der Waals surface area (Å²) in [6.45, 7) is 5.89. The van der Waals surface area contributed by atoms with Crippen LogP contribution in [0.5, 0.6) is 0 Å². The van der Waals surface area contributed by atoms with Gasteiger partial charge >= 0.3 is 0 Å². The lowest BCUT2D eigenvalue weighted by Crippen LogP contribution is -2.36. The van der Waals surface area contributed by atoms with E-state index in [1.807, 2.05) is 31.2 Å². The smallest absolute Gasteiger partial charge is 0.247 e. The second-order valence-corrected chi connectivity index (χ2v) is 7.41. The molecule has 0 atom stereocenters. The number of anilines is 1. The molecule has 1 N–H and O–H groups in total. The third kappa shape index (κ3) is 5.24. The van der Waals surface area contributed by atoms with Crippen molar-refractivity contribution in [1.29, 1.82) is 0 Å². The molecule has 0 saturated carbocycles. The number of rotatable bonds is 7. The first kappa shape index (κ1) is 20.1. The van der Waals surface area contributed by atoms with Gasteiger partial charge in [0, 0.05) is 43.7 Å². The Morgan fingerprint density at radius 2 is 1.77 bits per heavy atom. The summed E-state index contributed by atoms with van der Waals surface area (Å²) in [6, 6.07) is 16.2. The van der Waals surface area contributed by atoms with Gasteiger partial charge in [-0.25, -0.2) is 0 Å². The number of aromatic nitrogens is 2. The maximum absolute atomic E-state index is 12.2. The highest BCUT2D eigenvalue weighted by molar-refractivity contribution is 5.76. The first-order valence-electron chi connectivity index (χ1n) is 10.2. The molecule has 3 aromatic rings. The molecule has 2 aromatic carbocycles. The van der Waals surface area contributed by atoms with Gasteiger partial charge in [-0.05, 0) is 36.8 Å². The van der Waals surface area contributed by atoms with E-state index < -0.39 is 0 Å². The Morgan fingerprint density at radius 1 is 1.03 bits per heavy atom. The fourth-order valence-electron chi connectivity index (χ4n) is 3.32. The van der Waals surface area contributed by atoms with Crippen LogP contribution < -0.4 is 10.2 Å². The first-order valence-corrected chi connectivity index (χ1v) is 10.2. The number of hydrogen-bond donors (Lipinski definition) is 1. The Morgan fingerprint density at radius 3 is 2.50 bits per heavy atom. The van der Waals surface area contributed by atoms with E-state index in [0.29, 0.717) is 31.2 Å². The Kier molecular flexibility index (Phi) is 6.39. The second-order valence-electron chi connectivity index (χ2n) is 7.41. The normalized spacial score (nSPS) is 14.0. The molecule has 0 aliphatic carbocycles. The minimum absolute atomic E-state index is 0.0395. The van der Waals surface area contributed by atoms with Gasteiger partial charge in [0.25, 0.3) is 0 Å². The van der Waals surface area contributed by atoms with Crippen molar-refractivity contribution >= 4 is 11.6 Å². The summed E-state index contributed by atoms with van der Waals surface area (Å²) in [7, 11) is 0. The van der Waals surface area contributed by atoms with Crippen molar-refractivity contribution in [2.24, 2.45) is 0 Å². The van der Waals surface area contributed by atoms with Crippen LogP contribution in [0.3, 0.4) is 0 Å². The summed E-state index contributed by atoms with van der Waals surface area (Å²) in [6.07, 6.45) is 0.724. The minimum atomic E-state index is -0.0395. The number of aryl methyl sites for hydroxylation is 2. The molecule has 7 nitrogen and oxygen atoms in total. The molecule has 0 spiro atoms. The molecule has 0 radical (unpaired) electrons. The van der Waals surface area contributed by atoms with Crippen LogP contribution in [0.1, 0.15) is 23.4 Å². The molecule has 156 valence electrons. The molecule has 0 bridgehead atoms. The Labute approximate surface area is 176 Å². The third-order valence-corrected chi connectivity index (χ3v) is 5.13. The molecular formula is C23H26N4O3. The van der Waals surface area contributed by atoms with Gasteiger partial charge in [0.05, 0.1) is 13.2 Å². The van der Waals surface area contributed by atoms with E-state index in [1.165, 1.54) is 11.3 Å². The number of nitrogens with one attached hydrogen (secondary N) is 1. The molecule has 1 aliphatic rings. The van der Waals surface area contributed by atoms with Crippen LogP contribution in [0.2, 0.25) is 0 Å². The molecular weight excluding hydrogens is 380 g/mol. The third-order valence-electron chi connectivity index (χ3n) is 5.13. The van der Waals surface area contributed by atoms with Gasteiger partial charge < -0.3 is 19.4 Å². The second kappa shape index (κ2) is 9.54. The van der Waals surface area contributed by atoms with Crippen LogP contribution in [-0.2, 0) is 22.5 Å². The lowest BCUT2D eigenvalue weighted by atomic mass is 10.1. The van der Waals surface area contributed by atoms with E-state index in [4.69, 9.17) is 9.15 Å². The van der Waals surface area contributed by atoms with Gasteiger partial charge in [-0.15, -0.1) is 10.2 Å². The monoisotopic (exact) mass is 406 g/mol. The molecule has 1 fully saturated rings. The molecule has 1 saturated heterocycles. The van der Waals surface area contributed by atoms with Gasteiger partial charge in [0.1, 0.15) is 0 Å². The number of carbonyl (C=O) groups is 1. The quantitative estimate of drug-likeness (QED) is 0.649. The fraction of sp³-hybridized carbons (Fsp3) is 0.348. The average Bonchev–Trinajstić information content (AvgIpc) is 3.27. The number of benzene rings is 2. The molecule has 30 heavy (non-hydrogen) atoms. The number of morpholine rings is 1. The Balaban J connectivity index is 1.23. The summed E-state index contributed by atoms with van der Waals surface area (Å²) in [5.41, 5.74) is 4.31. The summed E-state index contributed by atoms with van der Waals surface area (Å²) < 4.78 is 11.1. The highest BCUT2D eigenvalue weighted by Gasteiger charge is 2.12. The predicted molar refractivity (Wildman–Crippen MR) is 114 cm³/mol. The maximum atomic E-state index is 12.2. The SMILES string of the molecule is Cc1ccc(-c2nnc(CCC(=O)NCc3ccc(N4CCOCC4)cc3)o2)cc1. The van der Waals surface area contributed by atoms with Crippen LogP contribution in [0.4, 0.5) is 5.69 Å². The van der Waals surface area contributed by atoms with Gasteiger partial charge in [-0.2, -0.15) is 0 Å². The molecule has 7 heteroatoms. The summed E-state index contributed by atoms with van der Waals surface area (Å²) in [4.78, 5) is 14.5. The highest BCUT2D eigenvalue weighted by Crippen LogP contribution is 2.19. The van der Waals surface area contributed by atoms with E-state index in [0.717, 1.165) is 37.4 Å². The van der Waals surface area contributed by atoms with E-state index >= 15 is 0 Å². The zero-order valence-electron chi connectivity index (χ0n) is 17.1. The van der Waals surface area contributed by atoms with Gasteiger partial charge in [0.2, 0.25) is 17.7 Å². The number of carbonyl (C=O) groups excluding carboxylic acids is 1. The van der Waals surface area contributed by atoms with Crippen LogP contribution in [0, 0.1) is 6.92 Å². The molecule has 0 unspecified atom stereocenters. The molecule has 2 heterocycles. The number of ether oxygens (including phenoxy) is 1. The zero-order valence-corrected chi connectivity index (χ0v) is 17.1. The number of nitrogens with zero attached hydrogens (tertiary/aromatic N) is 3. The highest BCUT2D eigenvalue weighted by atomic mass is 16.5. The standard InChI is InChI=1S/C23H26N4O3/c1-17-2-6-19(7-3-17)23-26-25-22(30-23)11-10-21(28)24-16-18-4-8-20(9-5-18)27-12-14-29-15-13-27/h2-9H,10-16H2,1H3,(H,24,28). The summed E-state index contributed by atoms with van der Waals surface area (Å²) in [5, 5.41) is 11.1.